The smallest absolute Gasteiger partial charge is 0.325 e. The van der Waals surface area contributed by atoms with Crippen LogP contribution in [0.25, 0.3) is 0 Å². The highest BCUT2D eigenvalue weighted by atomic mass is 16.5. The molecule has 5 nitrogen and oxygen atoms in total. The number of nitrogens with one attached hydrogen (secondary N) is 1. The second-order valence-corrected chi connectivity index (χ2v) is 4.33. The van der Waals surface area contributed by atoms with Crippen LogP contribution in [-0.4, -0.2) is 31.3 Å². The number of carboxylic acids is 1. The van der Waals surface area contributed by atoms with Gasteiger partial charge in [0, 0.05) is 6.04 Å². The molecule has 0 aromatic heterocycles. The van der Waals surface area contributed by atoms with Crippen LogP contribution in [0.15, 0.2) is 18.2 Å². The van der Waals surface area contributed by atoms with E-state index >= 15 is 0 Å². The fourth-order valence-corrected chi connectivity index (χ4v) is 1.83. The highest BCUT2D eigenvalue weighted by molar-refractivity contribution is 5.76. The fourth-order valence-electron chi connectivity index (χ4n) is 1.83. The summed E-state index contributed by atoms with van der Waals surface area (Å²) in [5.74, 6) is 0.254. The molecular weight excluding hydrogens is 234 g/mol. The first-order valence-corrected chi connectivity index (χ1v) is 5.86. The predicted octanol–water partition coefficient (Wildman–Crippen LogP) is 1.58. The third-order valence-electron chi connectivity index (χ3n) is 2.97. The SMILES string of the molecule is COc1ccc(C(NC2CC2)C(=O)O)cc1OC. The van der Waals surface area contributed by atoms with Gasteiger partial charge in [-0.15, -0.1) is 0 Å². The first-order valence-electron chi connectivity index (χ1n) is 5.86. The second kappa shape index (κ2) is 5.27. The molecule has 1 aromatic carbocycles. The molecule has 0 saturated heterocycles. The van der Waals surface area contributed by atoms with Crippen molar-refractivity contribution in [3.63, 3.8) is 0 Å². The molecule has 1 fully saturated rings. The zero-order valence-electron chi connectivity index (χ0n) is 10.5. The van der Waals surface area contributed by atoms with Gasteiger partial charge in [0.05, 0.1) is 14.2 Å². The lowest BCUT2D eigenvalue weighted by molar-refractivity contribution is -0.139. The number of rotatable bonds is 6. The molecule has 0 radical (unpaired) electrons. The Balaban J connectivity index is 2.25. The standard InChI is InChI=1S/C13H17NO4/c1-17-10-6-3-8(7-11(10)18-2)12(13(15)16)14-9-4-5-9/h3,6-7,9,12,14H,4-5H2,1-2H3,(H,15,16). The lowest BCUT2D eigenvalue weighted by Crippen LogP contribution is -2.30. The van der Waals surface area contributed by atoms with Crippen molar-refractivity contribution >= 4 is 5.97 Å². The van der Waals surface area contributed by atoms with E-state index in [1.54, 1.807) is 25.3 Å². The van der Waals surface area contributed by atoms with E-state index < -0.39 is 12.0 Å². The van der Waals surface area contributed by atoms with Crippen molar-refractivity contribution in [1.29, 1.82) is 0 Å². The summed E-state index contributed by atoms with van der Waals surface area (Å²) in [7, 11) is 3.08. The van der Waals surface area contributed by atoms with Gasteiger partial charge in [0.25, 0.3) is 0 Å². The van der Waals surface area contributed by atoms with Gasteiger partial charge in [-0.05, 0) is 30.5 Å². The van der Waals surface area contributed by atoms with Gasteiger partial charge in [0.2, 0.25) is 0 Å². The summed E-state index contributed by atoms with van der Waals surface area (Å²) >= 11 is 0. The molecule has 0 aliphatic heterocycles. The highest BCUT2D eigenvalue weighted by Crippen LogP contribution is 2.31. The van der Waals surface area contributed by atoms with Gasteiger partial charge < -0.3 is 14.6 Å². The van der Waals surface area contributed by atoms with E-state index in [4.69, 9.17) is 9.47 Å². The summed E-state index contributed by atoms with van der Waals surface area (Å²) in [6.45, 7) is 0. The number of hydrogen-bond donors (Lipinski definition) is 2. The Labute approximate surface area is 106 Å². The Hall–Kier alpha value is -1.75. The van der Waals surface area contributed by atoms with Crippen LogP contribution in [0.1, 0.15) is 24.4 Å². The maximum absolute atomic E-state index is 11.3. The molecule has 1 aliphatic rings. The largest absolute Gasteiger partial charge is 0.493 e. The van der Waals surface area contributed by atoms with E-state index in [-0.39, 0.29) is 0 Å². The normalized spacial score (nSPS) is 16.1. The Morgan fingerprint density at radius 3 is 2.50 bits per heavy atom. The van der Waals surface area contributed by atoms with Crippen molar-refractivity contribution in [1.82, 2.24) is 5.32 Å². The lowest BCUT2D eigenvalue weighted by Gasteiger charge is -2.16. The monoisotopic (exact) mass is 251 g/mol. The first-order chi connectivity index (χ1) is 8.65. The zero-order chi connectivity index (χ0) is 13.1. The van der Waals surface area contributed by atoms with E-state index in [0.717, 1.165) is 12.8 Å². The molecule has 1 aromatic rings. The summed E-state index contributed by atoms with van der Waals surface area (Å²) in [5, 5.41) is 12.4. The van der Waals surface area contributed by atoms with Crippen LogP contribution in [0.2, 0.25) is 0 Å². The Kier molecular flexibility index (Phi) is 3.72. The minimum absolute atomic E-state index is 0.319. The number of ether oxygens (including phenoxy) is 2. The van der Waals surface area contributed by atoms with Crippen LogP contribution in [0.5, 0.6) is 11.5 Å². The minimum Gasteiger partial charge on any atom is -0.493 e. The van der Waals surface area contributed by atoms with Crippen molar-refractivity contribution in [2.45, 2.75) is 24.9 Å². The highest BCUT2D eigenvalue weighted by Gasteiger charge is 2.29. The van der Waals surface area contributed by atoms with Gasteiger partial charge in [-0.2, -0.15) is 0 Å². The number of benzene rings is 1. The molecule has 1 unspecified atom stereocenters. The van der Waals surface area contributed by atoms with E-state index in [9.17, 15) is 9.90 Å². The molecule has 0 spiro atoms. The predicted molar refractivity (Wildman–Crippen MR) is 66.1 cm³/mol. The minimum atomic E-state index is -0.880. The third-order valence-corrected chi connectivity index (χ3v) is 2.97. The zero-order valence-corrected chi connectivity index (χ0v) is 10.5. The van der Waals surface area contributed by atoms with Gasteiger partial charge in [0.1, 0.15) is 6.04 Å². The molecular formula is C13H17NO4. The molecule has 1 atom stereocenters. The lowest BCUT2D eigenvalue weighted by atomic mass is 10.1. The van der Waals surface area contributed by atoms with Crippen LogP contribution in [0.4, 0.5) is 0 Å². The summed E-state index contributed by atoms with van der Waals surface area (Å²) in [4.78, 5) is 11.3. The van der Waals surface area contributed by atoms with Crippen LogP contribution >= 0.6 is 0 Å². The third kappa shape index (κ3) is 2.73. The van der Waals surface area contributed by atoms with Gasteiger partial charge in [-0.1, -0.05) is 6.07 Å². The van der Waals surface area contributed by atoms with E-state index in [2.05, 4.69) is 5.32 Å². The van der Waals surface area contributed by atoms with Crippen molar-refractivity contribution in [2.24, 2.45) is 0 Å². The average Bonchev–Trinajstić information content (AvgIpc) is 3.18. The second-order valence-electron chi connectivity index (χ2n) is 4.33. The maximum Gasteiger partial charge on any atom is 0.325 e. The van der Waals surface area contributed by atoms with Crippen molar-refractivity contribution < 1.29 is 19.4 Å². The number of hydrogen-bond acceptors (Lipinski definition) is 4. The van der Waals surface area contributed by atoms with Crippen molar-refractivity contribution in [2.75, 3.05) is 14.2 Å². The molecule has 0 amide bonds. The van der Waals surface area contributed by atoms with Crippen LogP contribution in [0.3, 0.4) is 0 Å². The number of methoxy groups -OCH3 is 2. The number of carbonyl (C=O) groups is 1. The number of aliphatic carboxylic acids is 1. The molecule has 0 heterocycles. The van der Waals surface area contributed by atoms with Crippen LogP contribution < -0.4 is 14.8 Å². The molecule has 2 N–H and O–H groups in total. The topological polar surface area (TPSA) is 67.8 Å². The Morgan fingerprint density at radius 1 is 1.33 bits per heavy atom. The molecule has 1 aliphatic carbocycles. The summed E-state index contributed by atoms with van der Waals surface area (Å²) in [6.07, 6.45) is 2.08. The van der Waals surface area contributed by atoms with Crippen molar-refractivity contribution in [3.05, 3.63) is 23.8 Å². The Morgan fingerprint density at radius 2 is 2.00 bits per heavy atom. The van der Waals surface area contributed by atoms with E-state index in [1.807, 2.05) is 0 Å². The van der Waals surface area contributed by atoms with E-state index in [0.29, 0.717) is 23.1 Å². The van der Waals surface area contributed by atoms with Gasteiger partial charge in [0.15, 0.2) is 11.5 Å². The van der Waals surface area contributed by atoms with Crippen molar-refractivity contribution in [3.8, 4) is 11.5 Å². The quantitative estimate of drug-likeness (QED) is 0.803. The summed E-state index contributed by atoms with van der Waals surface area (Å²) in [6, 6.07) is 4.79. The fraction of sp³-hybridized carbons (Fsp3) is 0.462. The van der Waals surface area contributed by atoms with Crippen LogP contribution in [0, 0.1) is 0 Å². The molecule has 98 valence electrons. The maximum atomic E-state index is 11.3. The molecule has 2 rings (SSSR count). The Bertz CT molecular complexity index is 443. The summed E-state index contributed by atoms with van der Waals surface area (Å²) < 4.78 is 10.3. The molecule has 5 heteroatoms. The van der Waals surface area contributed by atoms with Gasteiger partial charge in [-0.3, -0.25) is 10.1 Å². The van der Waals surface area contributed by atoms with Crippen LogP contribution in [-0.2, 0) is 4.79 Å². The van der Waals surface area contributed by atoms with Gasteiger partial charge in [-0.25, -0.2) is 0 Å². The molecule has 0 bridgehead atoms. The summed E-state index contributed by atoms with van der Waals surface area (Å²) in [5.41, 5.74) is 0.673. The first kappa shape index (κ1) is 12.7. The molecule has 18 heavy (non-hydrogen) atoms. The average molecular weight is 251 g/mol. The van der Waals surface area contributed by atoms with E-state index in [1.165, 1.54) is 7.11 Å². The van der Waals surface area contributed by atoms with Gasteiger partial charge >= 0.3 is 5.97 Å². The molecule has 1 saturated carbocycles. The number of carboxylic acid groups (broad SMARTS) is 1.